The Balaban J connectivity index is 1.36. The van der Waals surface area contributed by atoms with Crippen molar-refractivity contribution in [1.29, 1.82) is 0 Å². The molecule has 0 aliphatic carbocycles. The van der Waals surface area contributed by atoms with Gasteiger partial charge in [0.1, 0.15) is 0 Å². The molecule has 0 heterocycles. The summed E-state index contributed by atoms with van der Waals surface area (Å²) in [6, 6.07) is 34.8. The van der Waals surface area contributed by atoms with Crippen molar-refractivity contribution < 1.29 is 47.1 Å². The third-order valence-electron chi connectivity index (χ3n) is 4.32. The Hall–Kier alpha value is -1.86. The summed E-state index contributed by atoms with van der Waals surface area (Å²) >= 11 is -0.282. The predicted octanol–water partition coefficient (Wildman–Crippen LogP) is 0.353. The van der Waals surface area contributed by atoms with Crippen LogP contribution in [0.15, 0.2) is 97.1 Å². The fourth-order valence-electron chi connectivity index (χ4n) is 2.71. The van der Waals surface area contributed by atoms with Crippen molar-refractivity contribution in [2.75, 3.05) is 0 Å². The molecule has 4 aromatic rings. The van der Waals surface area contributed by atoms with E-state index in [1.165, 1.54) is 25.4 Å². The number of hydrogen-bond donors (Lipinski definition) is 0. The molecule has 0 saturated heterocycles. The predicted molar refractivity (Wildman–Crippen MR) is 110 cm³/mol. The summed E-state index contributed by atoms with van der Waals surface area (Å²) in [5.41, 5.74) is 2.63. The molecule has 0 fully saturated rings. The van der Waals surface area contributed by atoms with Gasteiger partial charge >= 0.3 is 195 Å². The van der Waals surface area contributed by atoms with E-state index in [9.17, 15) is 0 Å². The molecule has 0 radical (unpaired) electrons. The first-order valence-electron chi connectivity index (χ1n) is 9.45. The Morgan fingerprint density at radius 3 is 1.00 bits per heavy atom. The van der Waals surface area contributed by atoms with Crippen molar-refractivity contribution >= 4 is 0 Å². The second kappa shape index (κ2) is 9.76. The number of halogens is 2. The molecule has 0 aliphatic heterocycles. The van der Waals surface area contributed by atoms with Crippen LogP contribution >= 0.6 is 0 Å². The van der Waals surface area contributed by atoms with Crippen LogP contribution < -0.4 is 47.1 Å². The molecule has 0 bridgehead atoms. The molecular formula is C26H22I2O-2. The van der Waals surface area contributed by atoms with Gasteiger partial charge in [0.2, 0.25) is 0 Å². The number of aryl methyl sites for hydroxylation is 2. The number of ether oxygens (including phenoxy) is 1. The van der Waals surface area contributed by atoms with E-state index in [4.69, 9.17) is 4.74 Å². The molecule has 0 N–H and O–H groups in total. The van der Waals surface area contributed by atoms with E-state index in [-0.39, 0.29) is 42.4 Å². The summed E-state index contributed by atoms with van der Waals surface area (Å²) in [7, 11) is 0. The number of benzene rings is 4. The van der Waals surface area contributed by atoms with E-state index < -0.39 is 0 Å². The van der Waals surface area contributed by atoms with Gasteiger partial charge in [0, 0.05) is 0 Å². The van der Waals surface area contributed by atoms with E-state index in [1.807, 2.05) is 0 Å². The van der Waals surface area contributed by atoms with Crippen LogP contribution in [-0.2, 0) is 0 Å². The molecule has 0 unspecified atom stereocenters. The standard InChI is InChI=1S/C26H22I2O/c1-19-3-7-21(8-4-19)27-23-11-15-25(16-12-23)29-26-17-13-24(14-18-26)28-22-9-5-20(2)6-10-22/h3-18H,1-2H3/q-2. The van der Waals surface area contributed by atoms with Crippen molar-refractivity contribution in [3.8, 4) is 11.5 Å². The zero-order valence-electron chi connectivity index (χ0n) is 16.4. The maximum atomic E-state index is 6.04. The Morgan fingerprint density at radius 2 is 0.690 bits per heavy atom. The zero-order chi connectivity index (χ0) is 20.1. The Labute approximate surface area is 193 Å². The minimum atomic E-state index is -0.141. The average Bonchev–Trinajstić information content (AvgIpc) is 2.74. The quantitative estimate of drug-likeness (QED) is 0.289. The molecule has 1 nitrogen and oxygen atoms in total. The van der Waals surface area contributed by atoms with E-state index in [1.54, 1.807) is 0 Å². The third kappa shape index (κ3) is 6.06. The second-order valence-electron chi connectivity index (χ2n) is 6.79. The first kappa shape index (κ1) is 20.4. The summed E-state index contributed by atoms with van der Waals surface area (Å²) < 4.78 is 11.7. The normalized spacial score (nSPS) is 11.0. The molecule has 0 aliphatic rings. The summed E-state index contributed by atoms with van der Waals surface area (Å²) in [4.78, 5) is 0. The topological polar surface area (TPSA) is 9.23 Å². The van der Waals surface area contributed by atoms with Crippen LogP contribution in [0.5, 0.6) is 11.5 Å². The maximum absolute atomic E-state index is 6.04. The van der Waals surface area contributed by atoms with Crippen LogP contribution in [0.2, 0.25) is 0 Å². The molecule has 0 atom stereocenters. The van der Waals surface area contributed by atoms with Crippen LogP contribution in [0, 0.1) is 28.1 Å². The number of rotatable bonds is 6. The number of hydrogen-bond acceptors (Lipinski definition) is 1. The molecule has 148 valence electrons. The average molecular weight is 604 g/mol. The fraction of sp³-hybridized carbons (Fsp3) is 0.0769. The Kier molecular flexibility index (Phi) is 6.87. The fourth-order valence-corrected chi connectivity index (χ4v) is 7.03. The first-order chi connectivity index (χ1) is 14.1. The van der Waals surface area contributed by atoms with Crippen molar-refractivity contribution in [3.05, 3.63) is 122 Å². The van der Waals surface area contributed by atoms with Crippen molar-refractivity contribution in [1.82, 2.24) is 0 Å². The van der Waals surface area contributed by atoms with Gasteiger partial charge in [-0.25, -0.2) is 0 Å². The molecule has 0 amide bonds. The van der Waals surface area contributed by atoms with Gasteiger partial charge in [0.15, 0.2) is 0 Å². The van der Waals surface area contributed by atoms with Crippen molar-refractivity contribution in [2.24, 2.45) is 0 Å². The van der Waals surface area contributed by atoms with Gasteiger partial charge in [-0.05, 0) is 0 Å². The van der Waals surface area contributed by atoms with Crippen molar-refractivity contribution in [2.45, 2.75) is 13.8 Å². The molecular weight excluding hydrogens is 582 g/mol. The summed E-state index contributed by atoms with van der Waals surface area (Å²) in [5, 5.41) is 0. The molecule has 4 rings (SSSR count). The van der Waals surface area contributed by atoms with E-state index in [0.717, 1.165) is 11.5 Å². The summed E-state index contributed by atoms with van der Waals surface area (Å²) in [5.74, 6) is 1.78. The summed E-state index contributed by atoms with van der Waals surface area (Å²) in [6.07, 6.45) is 0. The van der Waals surface area contributed by atoms with Crippen LogP contribution in [-0.4, -0.2) is 0 Å². The Bertz CT molecular complexity index is 963. The molecule has 0 saturated carbocycles. The monoisotopic (exact) mass is 604 g/mol. The Morgan fingerprint density at radius 1 is 0.414 bits per heavy atom. The molecule has 0 aromatic heterocycles. The van der Waals surface area contributed by atoms with Gasteiger partial charge in [-0.3, -0.25) is 0 Å². The SMILES string of the molecule is Cc1ccc([I-]c2ccc(Oc3ccc([I-]c4ccc(C)cc4)cc3)cc2)cc1. The first-order valence-corrected chi connectivity index (χ1v) is 13.8. The van der Waals surface area contributed by atoms with Crippen molar-refractivity contribution in [3.63, 3.8) is 0 Å². The van der Waals surface area contributed by atoms with Crippen LogP contribution in [0.4, 0.5) is 0 Å². The van der Waals surface area contributed by atoms with Crippen LogP contribution in [0.1, 0.15) is 11.1 Å². The minimum absolute atomic E-state index is 0.141. The molecule has 4 aromatic carbocycles. The zero-order valence-corrected chi connectivity index (χ0v) is 20.7. The van der Waals surface area contributed by atoms with Gasteiger partial charge in [0.05, 0.1) is 0 Å². The molecule has 3 heteroatoms. The van der Waals surface area contributed by atoms with E-state index in [2.05, 4.69) is 111 Å². The van der Waals surface area contributed by atoms with Crippen LogP contribution in [0.3, 0.4) is 0 Å². The third-order valence-corrected chi connectivity index (χ3v) is 9.69. The van der Waals surface area contributed by atoms with Gasteiger partial charge in [-0.15, -0.1) is 0 Å². The van der Waals surface area contributed by atoms with E-state index in [0.29, 0.717) is 0 Å². The van der Waals surface area contributed by atoms with Crippen LogP contribution in [0.25, 0.3) is 0 Å². The second-order valence-corrected chi connectivity index (χ2v) is 12.9. The molecule has 29 heavy (non-hydrogen) atoms. The summed E-state index contributed by atoms with van der Waals surface area (Å²) in [6.45, 7) is 4.26. The van der Waals surface area contributed by atoms with Gasteiger partial charge in [0.25, 0.3) is 0 Å². The van der Waals surface area contributed by atoms with Gasteiger partial charge in [-0.1, -0.05) is 0 Å². The van der Waals surface area contributed by atoms with E-state index >= 15 is 0 Å². The van der Waals surface area contributed by atoms with Gasteiger partial charge in [-0.2, -0.15) is 0 Å². The van der Waals surface area contributed by atoms with Gasteiger partial charge < -0.3 is 0 Å². The molecule has 0 spiro atoms.